The number of amides is 1. The Kier molecular flexibility index (Phi) is 4.42. The van der Waals surface area contributed by atoms with Gasteiger partial charge >= 0.3 is 0 Å². The second-order valence-corrected chi connectivity index (χ2v) is 5.81. The van der Waals surface area contributed by atoms with Gasteiger partial charge in [0.05, 0.1) is 12.7 Å². The first kappa shape index (κ1) is 16.0. The molecule has 0 aliphatic carbocycles. The van der Waals surface area contributed by atoms with Gasteiger partial charge in [-0.05, 0) is 12.1 Å². The number of aryl methyl sites for hydroxylation is 1. The van der Waals surface area contributed by atoms with Crippen molar-refractivity contribution < 1.29 is 9.21 Å². The first-order valence-corrected chi connectivity index (χ1v) is 8.35. The molecule has 1 aromatic carbocycles. The predicted octanol–water partition coefficient (Wildman–Crippen LogP) is 2.63. The SMILES string of the molecule is O=C(CCc1ncc(-c2ccccc2)o1)NCc1nnc2ccccn12. The standard InChI is InChI=1S/C19H17N5O2/c25-18(20-13-17-23-22-16-8-4-5-11-24(16)17)9-10-19-21-12-15(26-19)14-6-2-1-3-7-14/h1-8,11-12H,9-10,13H2,(H,20,25). The van der Waals surface area contributed by atoms with Gasteiger partial charge in [0.15, 0.2) is 23.1 Å². The first-order chi connectivity index (χ1) is 12.8. The average molecular weight is 347 g/mol. The van der Waals surface area contributed by atoms with Crippen molar-refractivity contribution in [2.24, 2.45) is 0 Å². The Morgan fingerprint density at radius 1 is 1.08 bits per heavy atom. The summed E-state index contributed by atoms with van der Waals surface area (Å²) in [7, 11) is 0. The summed E-state index contributed by atoms with van der Waals surface area (Å²) in [4.78, 5) is 16.3. The van der Waals surface area contributed by atoms with Crippen LogP contribution in [-0.2, 0) is 17.8 Å². The number of carbonyl (C=O) groups is 1. The smallest absolute Gasteiger partial charge is 0.220 e. The molecule has 7 heteroatoms. The van der Waals surface area contributed by atoms with Crippen molar-refractivity contribution in [2.75, 3.05) is 0 Å². The van der Waals surface area contributed by atoms with Crippen LogP contribution in [0.1, 0.15) is 18.1 Å². The normalized spacial score (nSPS) is 10.9. The van der Waals surface area contributed by atoms with Crippen LogP contribution in [0, 0.1) is 0 Å². The van der Waals surface area contributed by atoms with E-state index in [9.17, 15) is 4.79 Å². The second kappa shape index (κ2) is 7.18. The van der Waals surface area contributed by atoms with E-state index >= 15 is 0 Å². The zero-order valence-electron chi connectivity index (χ0n) is 14.0. The Labute approximate surface area is 149 Å². The summed E-state index contributed by atoms with van der Waals surface area (Å²) in [6.45, 7) is 0.324. The number of hydrogen-bond acceptors (Lipinski definition) is 5. The molecule has 3 aromatic heterocycles. The minimum Gasteiger partial charge on any atom is -0.441 e. The van der Waals surface area contributed by atoms with Gasteiger partial charge in [-0.2, -0.15) is 0 Å². The second-order valence-electron chi connectivity index (χ2n) is 5.81. The Balaban J connectivity index is 1.31. The lowest BCUT2D eigenvalue weighted by atomic mass is 10.2. The Bertz CT molecular complexity index is 1020. The van der Waals surface area contributed by atoms with Crippen molar-refractivity contribution in [2.45, 2.75) is 19.4 Å². The number of rotatable bonds is 6. The fraction of sp³-hybridized carbons (Fsp3) is 0.158. The monoisotopic (exact) mass is 347 g/mol. The van der Waals surface area contributed by atoms with E-state index in [1.54, 1.807) is 6.20 Å². The van der Waals surface area contributed by atoms with E-state index in [-0.39, 0.29) is 5.91 Å². The molecule has 0 saturated carbocycles. The zero-order chi connectivity index (χ0) is 17.8. The third-order valence-electron chi connectivity index (χ3n) is 4.01. The molecule has 26 heavy (non-hydrogen) atoms. The molecule has 0 atom stereocenters. The van der Waals surface area contributed by atoms with E-state index in [0.717, 1.165) is 11.2 Å². The molecule has 130 valence electrons. The number of aromatic nitrogens is 4. The van der Waals surface area contributed by atoms with E-state index in [1.807, 2.05) is 59.1 Å². The van der Waals surface area contributed by atoms with Gasteiger partial charge in [0, 0.05) is 24.6 Å². The van der Waals surface area contributed by atoms with Crippen LogP contribution in [0.25, 0.3) is 17.0 Å². The predicted molar refractivity (Wildman–Crippen MR) is 95.1 cm³/mol. The van der Waals surface area contributed by atoms with E-state index in [2.05, 4.69) is 20.5 Å². The van der Waals surface area contributed by atoms with Crippen LogP contribution >= 0.6 is 0 Å². The molecule has 4 rings (SSSR count). The molecule has 0 spiro atoms. The van der Waals surface area contributed by atoms with Gasteiger partial charge in [0.1, 0.15) is 0 Å². The Morgan fingerprint density at radius 3 is 2.81 bits per heavy atom. The quantitative estimate of drug-likeness (QED) is 0.579. The van der Waals surface area contributed by atoms with E-state index in [1.165, 1.54) is 0 Å². The number of oxazole rings is 1. The van der Waals surface area contributed by atoms with Gasteiger partial charge in [-0.1, -0.05) is 36.4 Å². The van der Waals surface area contributed by atoms with Crippen LogP contribution in [0.3, 0.4) is 0 Å². The van der Waals surface area contributed by atoms with Crippen LogP contribution in [0.15, 0.2) is 65.3 Å². The Morgan fingerprint density at radius 2 is 1.92 bits per heavy atom. The lowest BCUT2D eigenvalue weighted by Crippen LogP contribution is -2.24. The summed E-state index contributed by atoms with van der Waals surface area (Å²) in [5.74, 6) is 1.86. The molecule has 1 N–H and O–H groups in total. The number of nitrogens with one attached hydrogen (secondary N) is 1. The van der Waals surface area contributed by atoms with E-state index in [0.29, 0.717) is 36.9 Å². The number of fused-ring (bicyclic) bond motifs is 1. The maximum atomic E-state index is 12.1. The minimum atomic E-state index is -0.0860. The average Bonchev–Trinajstić information content (AvgIpc) is 3.33. The third-order valence-corrected chi connectivity index (χ3v) is 4.01. The highest BCUT2D eigenvalue weighted by Crippen LogP contribution is 2.20. The number of nitrogens with zero attached hydrogens (tertiary/aromatic N) is 4. The molecular weight excluding hydrogens is 330 g/mol. The maximum Gasteiger partial charge on any atom is 0.220 e. The van der Waals surface area contributed by atoms with Gasteiger partial charge < -0.3 is 9.73 Å². The first-order valence-electron chi connectivity index (χ1n) is 8.35. The topological polar surface area (TPSA) is 85.3 Å². The highest BCUT2D eigenvalue weighted by atomic mass is 16.4. The fourth-order valence-corrected chi connectivity index (χ4v) is 2.66. The molecule has 0 aliphatic rings. The molecule has 4 aromatic rings. The van der Waals surface area contributed by atoms with Crippen molar-refractivity contribution >= 4 is 11.6 Å². The van der Waals surface area contributed by atoms with Gasteiger partial charge in [-0.3, -0.25) is 9.20 Å². The van der Waals surface area contributed by atoms with Crippen molar-refractivity contribution in [3.8, 4) is 11.3 Å². The zero-order valence-corrected chi connectivity index (χ0v) is 14.0. The van der Waals surface area contributed by atoms with Crippen LogP contribution < -0.4 is 5.32 Å². The molecular formula is C19H17N5O2. The summed E-state index contributed by atoms with van der Waals surface area (Å²) in [5, 5.41) is 11.0. The summed E-state index contributed by atoms with van der Waals surface area (Å²) in [6, 6.07) is 15.4. The fourth-order valence-electron chi connectivity index (χ4n) is 2.66. The largest absolute Gasteiger partial charge is 0.441 e. The number of benzene rings is 1. The van der Waals surface area contributed by atoms with E-state index in [4.69, 9.17) is 4.42 Å². The van der Waals surface area contributed by atoms with Crippen molar-refractivity contribution in [1.82, 2.24) is 24.9 Å². The van der Waals surface area contributed by atoms with Crippen LogP contribution in [0.2, 0.25) is 0 Å². The van der Waals surface area contributed by atoms with Gasteiger partial charge in [0.25, 0.3) is 0 Å². The van der Waals surface area contributed by atoms with Crippen LogP contribution in [0.4, 0.5) is 0 Å². The maximum absolute atomic E-state index is 12.1. The van der Waals surface area contributed by atoms with Crippen LogP contribution in [-0.4, -0.2) is 25.5 Å². The molecule has 0 aliphatic heterocycles. The Hall–Kier alpha value is -3.48. The van der Waals surface area contributed by atoms with Crippen LogP contribution in [0.5, 0.6) is 0 Å². The van der Waals surface area contributed by atoms with E-state index < -0.39 is 0 Å². The lowest BCUT2D eigenvalue weighted by molar-refractivity contribution is -0.121. The molecule has 1 amide bonds. The highest BCUT2D eigenvalue weighted by Gasteiger charge is 2.10. The summed E-state index contributed by atoms with van der Waals surface area (Å²) in [5.41, 5.74) is 1.72. The highest BCUT2D eigenvalue weighted by molar-refractivity contribution is 5.76. The number of pyridine rings is 1. The van der Waals surface area contributed by atoms with Crippen molar-refractivity contribution in [3.05, 3.63) is 72.6 Å². The molecule has 0 radical (unpaired) electrons. The van der Waals surface area contributed by atoms with Crippen molar-refractivity contribution in [1.29, 1.82) is 0 Å². The molecule has 7 nitrogen and oxygen atoms in total. The third kappa shape index (κ3) is 3.46. The summed E-state index contributed by atoms with van der Waals surface area (Å²) < 4.78 is 7.56. The number of carbonyl (C=O) groups excluding carboxylic acids is 1. The molecule has 3 heterocycles. The minimum absolute atomic E-state index is 0.0860. The van der Waals surface area contributed by atoms with Gasteiger partial charge in [-0.15, -0.1) is 10.2 Å². The molecule has 0 unspecified atom stereocenters. The molecule has 0 saturated heterocycles. The van der Waals surface area contributed by atoms with Crippen molar-refractivity contribution in [3.63, 3.8) is 0 Å². The van der Waals surface area contributed by atoms with Gasteiger partial charge in [0.2, 0.25) is 5.91 Å². The lowest BCUT2D eigenvalue weighted by Gasteiger charge is -2.03. The molecule has 0 bridgehead atoms. The summed E-state index contributed by atoms with van der Waals surface area (Å²) in [6.07, 6.45) is 4.30. The summed E-state index contributed by atoms with van der Waals surface area (Å²) >= 11 is 0. The molecule has 0 fully saturated rings. The van der Waals surface area contributed by atoms with Gasteiger partial charge in [-0.25, -0.2) is 4.98 Å². The number of hydrogen-bond donors (Lipinski definition) is 1.